The molecule has 5 fully saturated rings. The van der Waals surface area contributed by atoms with Gasteiger partial charge in [0.05, 0.1) is 6.10 Å². The zero-order valence-corrected chi connectivity index (χ0v) is 21.6. The minimum absolute atomic E-state index is 0.00327. The number of carbonyl (C=O) groups excluding carboxylic acids is 1. The van der Waals surface area contributed by atoms with Gasteiger partial charge in [0.2, 0.25) is 0 Å². The molecule has 3 nitrogen and oxygen atoms in total. The number of epoxide rings is 1. The van der Waals surface area contributed by atoms with Gasteiger partial charge >= 0.3 is 5.97 Å². The Morgan fingerprint density at radius 1 is 1.03 bits per heavy atom. The number of esters is 1. The quantitative estimate of drug-likeness (QED) is 0.326. The third kappa shape index (κ3) is 3.59. The van der Waals surface area contributed by atoms with E-state index in [9.17, 15) is 4.79 Å². The number of ether oxygens (including phenoxy) is 2. The maximum absolute atomic E-state index is 11.6. The molecule has 5 rings (SSSR count). The second-order valence-electron chi connectivity index (χ2n) is 13.5. The summed E-state index contributed by atoms with van der Waals surface area (Å²) in [6.07, 6.45) is 14.2. The zero-order chi connectivity index (χ0) is 22.8. The van der Waals surface area contributed by atoms with Gasteiger partial charge in [-0.05, 0) is 91.8 Å². The van der Waals surface area contributed by atoms with Crippen LogP contribution in [-0.2, 0) is 14.3 Å². The number of rotatable bonds is 6. The molecule has 32 heavy (non-hydrogen) atoms. The van der Waals surface area contributed by atoms with Crippen LogP contribution in [0.2, 0.25) is 0 Å². The van der Waals surface area contributed by atoms with Gasteiger partial charge in [-0.15, -0.1) is 0 Å². The van der Waals surface area contributed by atoms with Gasteiger partial charge in [-0.3, -0.25) is 4.79 Å². The summed E-state index contributed by atoms with van der Waals surface area (Å²) < 4.78 is 12.0. The highest BCUT2D eigenvalue weighted by molar-refractivity contribution is 5.66. The maximum Gasteiger partial charge on any atom is 0.302 e. The predicted octanol–water partition coefficient (Wildman–Crippen LogP) is 7.03. The van der Waals surface area contributed by atoms with Crippen LogP contribution < -0.4 is 0 Å². The van der Waals surface area contributed by atoms with Gasteiger partial charge in [0.15, 0.2) is 0 Å². The van der Waals surface area contributed by atoms with Gasteiger partial charge in [-0.25, -0.2) is 0 Å². The van der Waals surface area contributed by atoms with Gasteiger partial charge < -0.3 is 9.47 Å². The monoisotopic (exact) mass is 444 g/mol. The molecule has 0 N–H and O–H groups in total. The highest BCUT2D eigenvalue weighted by Gasteiger charge is 2.70. The summed E-state index contributed by atoms with van der Waals surface area (Å²) in [5, 5.41) is 0. The first kappa shape index (κ1) is 23.2. The van der Waals surface area contributed by atoms with Crippen molar-refractivity contribution in [1.29, 1.82) is 0 Å². The Balaban J connectivity index is 1.29. The van der Waals surface area contributed by atoms with Crippen molar-refractivity contribution in [2.45, 2.75) is 124 Å². The van der Waals surface area contributed by atoms with Gasteiger partial charge in [0.1, 0.15) is 12.2 Å². The molecule has 4 saturated carbocycles. The van der Waals surface area contributed by atoms with E-state index in [0.717, 1.165) is 41.9 Å². The molecule has 0 aromatic heterocycles. The van der Waals surface area contributed by atoms with Crippen molar-refractivity contribution in [1.82, 2.24) is 0 Å². The van der Waals surface area contributed by atoms with Crippen molar-refractivity contribution in [3.63, 3.8) is 0 Å². The molecule has 3 unspecified atom stereocenters. The van der Waals surface area contributed by atoms with E-state index >= 15 is 0 Å². The van der Waals surface area contributed by atoms with Crippen molar-refractivity contribution in [3.8, 4) is 0 Å². The molecule has 5 aliphatic rings. The van der Waals surface area contributed by atoms with E-state index in [-0.39, 0.29) is 18.2 Å². The van der Waals surface area contributed by atoms with Crippen LogP contribution >= 0.6 is 0 Å². The van der Waals surface area contributed by atoms with Crippen LogP contribution in [0.5, 0.6) is 0 Å². The largest absolute Gasteiger partial charge is 0.460 e. The minimum Gasteiger partial charge on any atom is -0.460 e. The van der Waals surface area contributed by atoms with Gasteiger partial charge in [-0.1, -0.05) is 53.9 Å². The van der Waals surface area contributed by atoms with E-state index in [2.05, 4.69) is 34.6 Å². The van der Waals surface area contributed by atoms with Crippen molar-refractivity contribution < 1.29 is 14.3 Å². The van der Waals surface area contributed by atoms with Crippen LogP contribution in [0.3, 0.4) is 0 Å². The van der Waals surface area contributed by atoms with Crippen LogP contribution in [0.1, 0.15) is 106 Å². The Morgan fingerprint density at radius 2 is 1.81 bits per heavy atom. The fourth-order valence-corrected chi connectivity index (χ4v) is 9.96. The SMILES string of the molecule is CC(=O)O[C@@H]1CC2CC[C@@H]3[C@H](CC[C@]4(C)[C@@H](C(C)CCCC(C)C)CC[C@@H]34)[C@@]2(C)C2O[C@@H]21. The lowest BCUT2D eigenvalue weighted by molar-refractivity contribution is -0.155. The van der Waals surface area contributed by atoms with Crippen LogP contribution in [-0.4, -0.2) is 24.3 Å². The summed E-state index contributed by atoms with van der Waals surface area (Å²) in [5.74, 6) is 5.77. The molecular weight excluding hydrogens is 396 g/mol. The first-order valence-electron chi connectivity index (χ1n) is 14.0. The molecule has 0 aromatic carbocycles. The summed E-state index contributed by atoms with van der Waals surface area (Å²) in [6.45, 7) is 14.1. The van der Waals surface area contributed by atoms with E-state index in [1.807, 2.05) is 0 Å². The Hall–Kier alpha value is -0.570. The zero-order valence-electron chi connectivity index (χ0n) is 21.6. The molecule has 1 saturated heterocycles. The molecule has 1 heterocycles. The van der Waals surface area contributed by atoms with Crippen molar-refractivity contribution in [3.05, 3.63) is 0 Å². The van der Waals surface area contributed by atoms with E-state index in [1.54, 1.807) is 6.92 Å². The third-order valence-corrected chi connectivity index (χ3v) is 11.5. The number of carbonyl (C=O) groups is 1. The summed E-state index contributed by atoms with van der Waals surface area (Å²) in [7, 11) is 0. The Bertz CT molecular complexity index is 717. The van der Waals surface area contributed by atoms with Crippen LogP contribution in [0, 0.1) is 52.3 Å². The maximum atomic E-state index is 11.6. The number of fused-ring (bicyclic) bond motifs is 7. The molecule has 11 atom stereocenters. The van der Waals surface area contributed by atoms with E-state index in [0.29, 0.717) is 22.9 Å². The van der Waals surface area contributed by atoms with Crippen LogP contribution in [0.25, 0.3) is 0 Å². The molecule has 4 aliphatic carbocycles. The second-order valence-corrected chi connectivity index (χ2v) is 13.5. The average Bonchev–Trinajstić information content (AvgIpc) is 3.45. The molecule has 3 heteroatoms. The van der Waals surface area contributed by atoms with Crippen molar-refractivity contribution in [2.75, 3.05) is 0 Å². The molecular formula is C29H48O3. The van der Waals surface area contributed by atoms with Gasteiger partial charge in [0, 0.05) is 12.3 Å². The van der Waals surface area contributed by atoms with E-state index < -0.39 is 0 Å². The molecule has 1 aliphatic heterocycles. The summed E-state index contributed by atoms with van der Waals surface area (Å²) in [4.78, 5) is 11.6. The molecule has 0 bridgehead atoms. The molecule has 182 valence electrons. The third-order valence-electron chi connectivity index (χ3n) is 11.5. The molecule has 0 spiro atoms. The van der Waals surface area contributed by atoms with Crippen LogP contribution in [0.4, 0.5) is 0 Å². The average molecular weight is 445 g/mol. The topological polar surface area (TPSA) is 38.8 Å². The molecule has 0 amide bonds. The molecule has 0 aromatic rings. The Labute approximate surface area is 196 Å². The molecule has 0 radical (unpaired) electrons. The first-order valence-corrected chi connectivity index (χ1v) is 14.0. The fraction of sp³-hybridized carbons (Fsp3) is 0.966. The lowest BCUT2D eigenvalue weighted by Crippen LogP contribution is -2.57. The van der Waals surface area contributed by atoms with Crippen molar-refractivity contribution >= 4 is 5.97 Å². The predicted molar refractivity (Wildman–Crippen MR) is 128 cm³/mol. The van der Waals surface area contributed by atoms with Gasteiger partial charge in [0.25, 0.3) is 0 Å². The first-order chi connectivity index (χ1) is 15.2. The normalized spacial score (nSPS) is 50.1. The van der Waals surface area contributed by atoms with E-state index in [1.165, 1.54) is 57.8 Å². The highest BCUT2D eigenvalue weighted by atomic mass is 16.6. The van der Waals surface area contributed by atoms with E-state index in [4.69, 9.17) is 9.47 Å². The second kappa shape index (κ2) is 8.28. The van der Waals surface area contributed by atoms with Gasteiger partial charge in [-0.2, -0.15) is 0 Å². The lowest BCUT2D eigenvalue weighted by atomic mass is 9.44. The lowest BCUT2D eigenvalue weighted by Gasteiger charge is -2.60. The smallest absolute Gasteiger partial charge is 0.302 e. The number of hydrogen-bond acceptors (Lipinski definition) is 3. The highest BCUT2D eigenvalue weighted by Crippen LogP contribution is 2.70. The summed E-state index contributed by atoms with van der Waals surface area (Å²) >= 11 is 0. The summed E-state index contributed by atoms with van der Waals surface area (Å²) in [5.41, 5.74) is 0.854. The minimum atomic E-state index is -0.144. The van der Waals surface area contributed by atoms with Crippen molar-refractivity contribution in [2.24, 2.45) is 52.3 Å². The summed E-state index contributed by atoms with van der Waals surface area (Å²) in [6, 6.07) is 0. The number of hydrogen-bond donors (Lipinski definition) is 0. The van der Waals surface area contributed by atoms with Crippen LogP contribution in [0.15, 0.2) is 0 Å². The Kier molecular flexibility index (Phi) is 6.00. The fourth-order valence-electron chi connectivity index (χ4n) is 9.96. The Morgan fingerprint density at radius 3 is 2.53 bits per heavy atom. The standard InChI is InChI=1S/C29H48O3/c1-17(2)8-7-9-18(3)22-12-13-23-21-11-10-20-16-25(31-19(4)30)26-27(32-26)29(20,6)24(21)14-15-28(22,23)5/h17-18,20-27H,7-16H2,1-6H3/t18?,20?,21-,22+,23-,24-,25+,26+,27?,28+,29-/m0/s1.